The van der Waals surface area contributed by atoms with Gasteiger partial charge in [0.2, 0.25) is 0 Å². The molecule has 1 N–H and O–H groups in total. The fourth-order valence-corrected chi connectivity index (χ4v) is 2.22. The number of carboxylic acids is 1. The van der Waals surface area contributed by atoms with Crippen molar-refractivity contribution in [3.05, 3.63) is 0 Å². The van der Waals surface area contributed by atoms with Crippen LogP contribution in [0.15, 0.2) is 0 Å². The fourth-order valence-electron chi connectivity index (χ4n) is 2.22. The van der Waals surface area contributed by atoms with E-state index in [2.05, 4.69) is 4.90 Å². The first-order chi connectivity index (χ1) is 6.11. The molecule has 0 aromatic carbocycles. The molecule has 0 aromatic heterocycles. The van der Waals surface area contributed by atoms with E-state index in [9.17, 15) is 4.79 Å². The summed E-state index contributed by atoms with van der Waals surface area (Å²) in [5, 5.41) is 9.00. The van der Waals surface area contributed by atoms with Crippen LogP contribution in [0.3, 0.4) is 0 Å². The van der Waals surface area contributed by atoms with Crippen LogP contribution in [0.1, 0.15) is 25.7 Å². The van der Waals surface area contributed by atoms with Crippen LogP contribution in [0, 0.1) is 11.8 Å². The minimum atomic E-state index is -0.605. The Morgan fingerprint density at radius 2 is 2.00 bits per heavy atom. The Hall–Kier alpha value is -0.570. The average molecular weight is 185 g/mol. The summed E-state index contributed by atoms with van der Waals surface area (Å²) >= 11 is 0. The smallest absolute Gasteiger partial charge is 0.306 e. The van der Waals surface area contributed by atoms with Crippen LogP contribution in [-0.4, -0.2) is 36.6 Å². The van der Waals surface area contributed by atoms with Crippen molar-refractivity contribution in [1.29, 1.82) is 0 Å². The third kappa shape index (κ3) is 2.99. The SMILES string of the molecule is CN(C)CC1CCCC[C@@H]1C(=O)O. The van der Waals surface area contributed by atoms with Gasteiger partial charge in [0.15, 0.2) is 0 Å². The van der Waals surface area contributed by atoms with Gasteiger partial charge in [0, 0.05) is 6.54 Å². The third-order valence-corrected chi connectivity index (χ3v) is 2.83. The molecule has 1 rings (SSSR count). The van der Waals surface area contributed by atoms with Gasteiger partial charge in [0.1, 0.15) is 0 Å². The first-order valence-corrected chi connectivity index (χ1v) is 4.99. The van der Waals surface area contributed by atoms with E-state index in [0.29, 0.717) is 5.92 Å². The van der Waals surface area contributed by atoms with Gasteiger partial charge in [-0.2, -0.15) is 0 Å². The molecule has 1 unspecified atom stereocenters. The molecule has 3 nitrogen and oxygen atoms in total. The monoisotopic (exact) mass is 185 g/mol. The van der Waals surface area contributed by atoms with Gasteiger partial charge in [-0.3, -0.25) is 4.79 Å². The Morgan fingerprint density at radius 3 is 2.54 bits per heavy atom. The molecule has 76 valence electrons. The van der Waals surface area contributed by atoms with Crippen LogP contribution in [-0.2, 0) is 4.79 Å². The second-order valence-electron chi connectivity index (χ2n) is 4.25. The summed E-state index contributed by atoms with van der Waals surface area (Å²) in [7, 11) is 4.01. The van der Waals surface area contributed by atoms with Crippen molar-refractivity contribution in [3.8, 4) is 0 Å². The Morgan fingerprint density at radius 1 is 1.38 bits per heavy atom. The van der Waals surface area contributed by atoms with Crippen LogP contribution in [0.5, 0.6) is 0 Å². The third-order valence-electron chi connectivity index (χ3n) is 2.83. The second-order valence-corrected chi connectivity index (χ2v) is 4.25. The zero-order valence-corrected chi connectivity index (χ0v) is 8.49. The summed E-state index contributed by atoms with van der Waals surface area (Å²) in [4.78, 5) is 13.0. The van der Waals surface area contributed by atoms with Gasteiger partial charge >= 0.3 is 5.97 Å². The lowest BCUT2D eigenvalue weighted by molar-refractivity contribution is -0.145. The van der Waals surface area contributed by atoms with Crippen molar-refractivity contribution in [2.45, 2.75) is 25.7 Å². The molecule has 1 aliphatic carbocycles. The largest absolute Gasteiger partial charge is 0.481 e. The van der Waals surface area contributed by atoms with Crippen LogP contribution in [0.4, 0.5) is 0 Å². The van der Waals surface area contributed by atoms with Crippen molar-refractivity contribution in [2.24, 2.45) is 11.8 Å². The summed E-state index contributed by atoms with van der Waals surface area (Å²) < 4.78 is 0. The normalized spacial score (nSPS) is 29.2. The number of carboxylic acid groups (broad SMARTS) is 1. The Bertz CT molecular complexity index is 180. The highest BCUT2D eigenvalue weighted by atomic mass is 16.4. The number of aliphatic carboxylic acids is 1. The lowest BCUT2D eigenvalue weighted by Gasteiger charge is -2.30. The Balaban J connectivity index is 2.51. The molecule has 0 bridgehead atoms. The molecule has 1 aliphatic rings. The number of rotatable bonds is 3. The molecule has 0 radical (unpaired) electrons. The van der Waals surface area contributed by atoms with Gasteiger partial charge in [0.05, 0.1) is 5.92 Å². The number of hydrogen-bond acceptors (Lipinski definition) is 2. The zero-order chi connectivity index (χ0) is 9.84. The maximum Gasteiger partial charge on any atom is 0.306 e. The first kappa shape index (κ1) is 10.5. The predicted molar refractivity (Wildman–Crippen MR) is 51.6 cm³/mol. The maximum absolute atomic E-state index is 10.9. The van der Waals surface area contributed by atoms with Gasteiger partial charge in [-0.05, 0) is 32.9 Å². The highest BCUT2D eigenvalue weighted by Crippen LogP contribution is 2.30. The molecule has 0 amide bonds. The van der Waals surface area contributed by atoms with Gasteiger partial charge < -0.3 is 10.0 Å². The van der Waals surface area contributed by atoms with Crippen LogP contribution < -0.4 is 0 Å². The van der Waals surface area contributed by atoms with E-state index in [-0.39, 0.29) is 5.92 Å². The summed E-state index contributed by atoms with van der Waals surface area (Å²) in [5.41, 5.74) is 0. The Kier molecular flexibility index (Phi) is 3.72. The van der Waals surface area contributed by atoms with E-state index in [0.717, 1.165) is 25.8 Å². The number of carbonyl (C=O) groups is 1. The van der Waals surface area contributed by atoms with Crippen LogP contribution in [0.2, 0.25) is 0 Å². The topological polar surface area (TPSA) is 40.5 Å². The van der Waals surface area contributed by atoms with E-state index in [1.165, 1.54) is 6.42 Å². The average Bonchev–Trinajstić information content (AvgIpc) is 2.03. The van der Waals surface area contributed by atoms with Crippen molar-refractivity contribution in [3.63, 3.8) is 0 Å². The van der Waals surface area contributed by atoms with Crippen molar-refractivity contribution in [2.75, 3.05) is 20.6 Å². The van der Waals surface area contributed by atoms with Gasteiger partial charge in [-0.25, -0.2) is 0 Å². The zero-order valence-electron chi connectivity index (χ0n) is 8.49. The molecule has 1 fully saturated rings. The minimum Gasteiger partial charge on any atom is -0.481 e. The van der Waals surface area contributed by atoms with Crippen LogP contribution >= 0.6 is 0 Å². The predicted octanol–water partition coefficient (Wildman–Crippen LogP) is 1.44. The molecule has 1 saturated carbocycles. The lowest BCUT2D eigenvalue weighted by Crippen LogP contribution is -2.34. The van der Waals surface area contributed by atoms with Crippen molar-refractivity contribution >= 4 is 5.97 Å². The first-order valence-electron chi connectivity index (χ1n) is 4.99. The van der Waals surface area contributed by atoms with E-state index >= 15 is 0 Å². The lowest BCUT2D eigenvalue weighted by atomic mass is 9.79. The number of nitrogens with zero attached hydrogens (tertiary/aromatic N) is 1. The van der Waals surface area contributed by atoms with E-state index < -0.39 is 5.97 Å². The second kappa shape index (κ2) is 4.61. The minimum absolute atomic E-state index is 0.101. The van der Waals surface area contributed by atoms with Gasteiger partial charge in [0.25, 0.3) is 0 Å². The quantitative estimate of drug-likeness (QED) is 0.723. The Labute approximate surface area is 79.7 Å². The molecule has 0 spiro atoms. The highest BCUT2D eigenvalue weighted by Gasteiger charge is 2.30. The molecule has 0 aliphatic heterocycles. The molecule has 2 atom stereocenters. The van der Waals surface area contributed by atoms with Gasteiger partial charge in [-0.1, -0.05) is 12.8 Å². The summed E-state index contributed by atoms with van der Waals surface area (Å²) in [6, 6.07) is 0. The summed E-state index contributed by atoms with van der Waals surface area (Å²) in [6.45, 7) is 0.914. The van der Waals surface area contributed by atoms with Crippen molar-refractivity contribution in [1.82, 2.24) is 4.90 Å². The van der Waals surface area contributed by atoms with Crippen LogP contribution in [0.25, 0.3) is 0 Å². The summed E-state index contributed by atoms with van der Waals surface area (Å²) in [6.07, 6.45) is 4.23. The number of hydrogen-bond donors (Lipinski definition) is 1. The molecule has 13 heavy (non-hydrogen) atoms. The molecular formula is C10H19NO2. The molecule has 0 saturated heterocycles. The molecule has 3 heteroatoms. The molecular weight excluding hydrogens is 166 g/mol. The van der Waals surface area contributed by atoms with E-state index in [1.807, 2.05) is 14.1 Å². The summed E-state index contributed by atoms with van der Waals surface area (Å²) in [5.74, 6) is -0.344. The molecule has 0 heterocycles. The van der Waals surface area contributed by atoms with E-state index in [1.54, 1.807) is 0 Å². The maximum atomic E-state index is 10.9. The van der Waals surface area contributed by atoms with E-state index in [4.69, 9.17) is 5.11 Å². The highest BCUT2D eigenvalue weighted by molar-refractivity contribution is 5.70. The van der Waals surface area contributed by atoms with Crippen molar-refractivity contribution < 1.29 is 9.90 Å². The van der Waals surface area contributed by atoms with Gasteiger partial charge in [-0.15, -0.1) is 0 Å². The molecule has 0 aromatic rings. The standard InChI is InChI=1S/C10H19NO2/c1-11(2)7-8-5-3-4-6-9(8)10(12)13/h8-9H,3-7H2,1-2H3,(H,12,13)/t8?,9-/m0/s1. The fraction of sp³-hybridized carbons (Fsp3) is 0.900.